The molecule has 5 heteroatoms. The Morgan fingerprint density at radius 3 is 1.71 bits per heavy atom. The second kappa shape index (κ2) is 7.85. The quantitative estimate of drug-likeness (QED) is 0.858. The molecule has 3 aliphatic rings. The van der Waals surface area contributed by atoms with Gasteiger partial charge in [0.15, 0.2) is 0 Å². The summed E-state index contributed by atoms with van der Waals surface area (Å²) >= 11 is 0. The van der Waals surface area contributed by atoms with E-state index in [1.165, 1.54) is 0 Å². The van der Waals surface area contributed by atoms with Gasteiger partial charge in [-0.2, -0.15) is 0 Å². The van der Waals surface area contributed by atoms with Gasteiger partial charge in [0.2, 0.25) is 11.8 Å². The predicted molar refractivity (Wildman–Crippen MR) is 94.2 cm³/mol. The van der Waals surface area contributed by atoms with Crippen molar-refractivity contribution in [1.29, 1.82) is 0 Å². The Bertz CT molecular complexity index is 452. The Kier molecular flexibility index (Phi) is 5.80. The molecule has 2 N–H and O–H groups in total. The summed E-state index contributed by atoms with van der Waals surface area (Å²) in [6, 6.07) is 0.210. The Balaban J connectivity index is 1.62. The van der Waals surface area contributed by atoms with Crippen LogP contribution in [0.3, 0.4) is 0 Å². The zero-order valence-corrected chi connectivity index (χ0v) is 15.1. The van der Waals surface area contributed by atoms with Gasteiger partial charge in [-0.25, -0.2) is 0 Å². The van der Waals surface area contributed by atoms with Crippen molar-refractivity contribution >= 4 is 11.8 Å². The van der Waals surface area contributed by atoms with E-state index in [0.29, 0.717) is 5.92 Å². The topological polar surface area (TPSA) is 66.6 Å². The van der Waals surface area contributed by atoms with Gasteiger partial charge in [-0.15, -0.1) is 0 Å². The molecule has 1 aliphatic carbocycles. The van der Waals surface area contributed by atoms with E-state index in [0.717, 1.165) is 77.5 Å². The van der Waals surface area contributed by atoms with Crippen molar-refractivity contribution in [2.45, 2.75) is 64.3 Å². The van der Waals surface area contributed by atoms with Crippen molar-refractivity contribution in [3.63, 3.8) is 0 Å². The minimum absolute atomic E-state index is 0.0736. The second-order valence-corrected chi connectivity index (χ2v) is 8.05. The number of hydrogen-bond donors (Lipinski definition) is 1. The molecule has 2 saturated heterocycles. The van der Waals surface area contributed by atoms with E-state index in [1.54, 1.807) is 0 Å². The summed E-state index contributed by atoms with van der Waals surface area (Å²) in [6.45, 7) is 5.46. The summed E-state index contributed by atoms with van der Waals surface area (Å²) in [7, 11) is 0. The van der Waals surface area contributed by atoms with Crippen LogP contribution in [0, 0.1) is 17.8 Å². The van der Waals surface area contributed by atoms with Crippen molar-refractivity contribution in [2.24, 2.45) is 23.5 Å². The summed E-state index contributed by atoms with van der Waals surface area (Å²) in [4.78, 5) is 30.0. The molecule has 2 heterocycles. The van der Waals surface area contributed by atoms with Gasteiger partial charge in [0.25, 0.3) is 0 Å². The van der Waals surface area contributed by atoms with E-state index in [2.05, 4.69) is 6.92 Å². The van der Waals surface area contributed by atoms with Crippen LogP contribution in [-0.4, -0.2) is 53.8 Å². The fraction of sp³-hybridized carbons (Fsp3) is 0.895. The van der Waals surface area contributed by atoms with Crippen LogP contribution in [-0.2, 0) is 9.59 Å². The number of piperidine rings is 1. The van der Waals surface area contributed by atoms with Gasteiger partial charge >= 0.3 is 0 Å². The summed E-state index contributed by atoms with van der Waals surface area (Å²) in [6.07, 6.45) is 8.17. The summed E-state index contributed by atoms with van der Waals surface area (Å²) in [5.41, 5.74) is 6.01. The number of carbonyl (C=O) groups excluding carboxylic acids is 2. The van der Waals surface area contributed by atoms with Gasteiger partial charge < -0.3 is 15.5 Å². The van der Waals surface area contributed by atoms with Gasteiger partial charge in [-0.1, -0.05) is 12.8 Å². The molecule has 2 aliphatic heterocycles. The van der Waals surface area contributed by atoms with Gasteiger partial charge in [0.05, 0.1) is 0 Å². The fourth-order valence-corrected chi connectivity index (χ4v) is 4.77. The lowest BCUT2D eigenvalue weighted by Crippen LogP contribution is -2.49. The number of likely N-dealkylation sites (tertiary alicyclic amines) is 2. The van der Waals surface area contributed by atoms with Gasteiger partial charge in [0.1, 0.15) is 0 Å². The molecule has 0 aromatic carbocycles. The zero-order chi connectivity index (χ0) is 17.1. The SMILES string of the molecule is CC(N)C1CCN(C(=O)C2CCCCC2C(=O)N2CCCC2)CC1. The van der Waals surface area contributed by atoms with Crippen LogP contribution in [0.4, 0.5) is 0 Å². The van der Waals surface area contributed by atoms with Crippen molar-refractivity contribution in [3.8, 4) is 0 Å². The summed E-state index contributed by atoms with van der Waals surface area (Å²) in [5, 5.41) is 0. The summed E-state index contributed by atoms with van der Waals surface area (Å²) < 4.78 is 0. The molecule has 3 unspecified atom stereocenters. The highest BCUT2D eigenvalue weighted by atomic mass is 16.2. The molecule has 0 spiro atoms. The fourth-order valence-electron chi connectivity index (χ4n) is 4.77. The highest BCUT2D eigenvalue weighted by Gasteiger charge is 2.40. The molecular weight excluding hydrogens is 302 g/mol. The second-order valence-electron chi connectivity index (χ2n) is 8.05. The third kappa shape index (κ3) is 3.76. The van der Waals surface area contributed by atoms with Crippen molar-refractivity contribution in [3.05, 3.63) is 0 Å². The molecule has 3 atom stereocenters. The molecular formula is C19H33N3O2. The van der Waals surface area contributed by atoms with E-state index < -0.39 is 0 Å². The van der Waals surface area contributed by atoms with Crippen LogP contribution in [0.2, 0.25) is 0 Å². The molecule has 3 fully saturated rings. The lowest BCUT2D eigenvalue weighted by atomic mass is 9.77. The maximum atomic E-state index is 13.1. The minimum atomic E-state index is -0.0845. The van der Waals surface area contributed by atoms with Crippen LogP contribution in [0.15, 0.2) is 0 Å². The van der Waals surface area contributed by atoms with E-state index in [9.17, 15) is 9.59 Å². The first-order valence-electron chi connectivity index (χ1n) is 9.91. The third-order valence-electron chi connectivity index (χ3n) is 6.41. The van der Waals surface area contributed by atoms with Crippen LogP contribution in [0.1, 0.15) is 58.3 Å². The minimum Gasteiger partial charge on any atom is -0.342 e. The number of rotatable bonds is 3. The highest BCUT2D eigenvalue weighted by molar-refractivity contribution is 5.88. The first-order valence-corrected chi connectivity index (χ1v) is 9.91. The van der Waals surface area contributed by atoms with Crippen molar-refractivity contribution in [1.82, 2.24) is 9.80 Å². The Labute approximate surface area is 145 Å². The lowest BCUT2D eigenvalue weighted by molar-refractivity contribution is -0.148. The molecule has 0 aromatic heterocycles. The first kappa shape index (κ1) is 17.7. The maximum Gasteiger partial charge on any atom is 0.226 e. The molecule has 24 heavy (non-hydrogen) atoms. The monoisotopic (exact) mass is 335 g/mol. The number of hydrogen-bond acceptors (Lipinski definition) is 3. The average Bonchev–Trinajstić information content (AvgIpc) is 3.15. The maximum absolute atomic E-state index is 13.1. The highest BCUT2D eigenvalue weighted by Crippen LogP contribution is 2.34. The largest absolute Gasteiger partial charge is 0.342 e. The predicted octanol–water partition coefficient (Wildman–Crippen LogP) is 2.00. The Morgan fingerprint density at radius 2 is 1.25 bits per heavy atom. The van der Waals surface area contributed by atoms with Crippen molar-refractivity contribution < 1.29 is 9.59 Å². The molecule has 1 saturated carbocycles. The normalized spacial score (nSPS) is 30.4. The van der Waals surface area contributed by atoms with E-state index in [-0.39, 0.29) is 29.7 Å². The lowest BCUT2D eigenvalue weighted by Gasteiger charge is -2.39. The van der Waals surface area contributed by atoms with Gasteiger partial charge in [-0.3, -0.25) is 9.59 Å². The average molecular weight is 335 g/mol. The Hall–Kier alpha value is -1.10. The molecule has 0 bridgehead atoms. The van der Waals surface area contributed by atoms with E-state index in [1.807, 2.05) is 9.80 Å². The molecule has 5 nitrogen and oxygen atoms in total. The van der Waals surface area contributed by atoms with Gasteiger partial charge in [0, 0.05) is 44.1 Å². The van der Waals surface area contributed by atoms with Crippen molar-refractivity contribution in [2.75, 3.05) is 26.2 Å². The third-order valence-corrected chi connectivity index (χ3v) is 6.41. The smallest absolute Gasteiger partial charge is 0.226 e. The van der Waals surface area contributed by atoms with E-state index in [4.69, 9.17) is 5.73 Å². The summed E-state index contributed by atoms with van der Waals surface area (Å²) in [5.74, 6) is 0.850. The van der Waals surface area contributed by atoms with Crippen LogP contribution >= 0.6 is 0 Å². The molecule has 3 rings (SSSR count). The van der Waals surface area contributed by atoms with Crippen LogP contribution < -0.4 is 5.73 Å². The standard InChI is InChI=1S/C19H33N3O2/c1-14(20)15-8-12-22(13-9-15)19(24)17-7-3-2-6-16(17)18(23)21-10-4-5-11-21/h14-17H,2-13,20H2,1H3. The number of nitrogens with zero attached hydrogens (tertiary/aromatic N) is 2. The molecule has 0 radical (unpaired) electrons. The first-order chi connectivity index (χ1) is 11.6. The van der Waals surface area contributed by atoms with Gasteiger partial charge in [-0.05, 0) is 51.4 Å². The van der Waals surface area contributed by atoms with Crippen LogP contribution in [0.5, 0.6) is 0 Å². The molecule has 0 aromatic rings. The number of amides is 2. The molecule has 136 valence electrons. The van der Waals surface area contributed by atoms with Crippen LogP contribution in [0.25, 0.3) is 0 Å². The number of nitrogens with two attached hydrogens (primary N) is 1. The number of carbonyl (C=O) groups is 2. The molecule has 2 amide bonds. The Morgan fingerprint density at radius 1 is 0.792 bits per heavy atom. The zero-order valence-electron chi connectivity index (χ0n) is 15.1. The van der Waals surface area contributed by atoms with E-state index >= 15 is 0 Å².